The summed E-state index contributed by atoms with van der Waals surface area (Å²) in [5, 5.41) is 2.52. The SMILES string of the molecule is CCOC(=O)[C@H]1CCN(CC(F)(F)F)CC1NC(=O)OCc1ccccc1. The number of rotatable bonds is 6. The van der Waals surface area contributed by atoms with E-state index in [0.717, 1.165) is 10.5 Å². The van der Waals surface area contributed by atoms with Gasteiger partial charge in [0, 0.05) is 6.54 Å². The van der Waals surface area contributed by atoms with Crippen LogP contribution in [0.1, 0.15) is 18.9 Å². The van der Waals surface area contributed by atoms with Crippen molar-refractivity contribution < 1.29 is 32.2 Å². The molecule has 150 valence electrons. The van der Waals surface area contributed by atoms with Crippen molar-refractivity contribution in [2.24, 2.45) is 5.92 Å². The van der Waals surface area contributed by atoms with Gasteiger partial charge in [0.15, 0.2) is 0 Å². The Balaban J connectivity index is 1.97. The van der Waals surface area contributed by atoms with Gasteiger partial charge in [0.2, 0.25) is 0 Å². The van der Waals surface area contributed by atoms with Crippen LogP contribution in [0.5, 0.6) is 0 Å². The lowest BCUT2D eigenvalue weighted by atomic mass is 9.91. The van der Waals surface area contributed by atoms with Crippen LogP contribution in [0, 0.1) is 5.92 Å². The first-order valence-electron chi connectivity index (χ1n) is 8.71. The number of alkyl carbamates (subject to hydrolysis) is 1. The number of halogens is 3. The number of carbonyl (C=O) groups is 2. The molecule has 0 spiro atoms. The molecule has 1 aromatic rings. The quantitative estimate of drug-likeness (QED) is 0.759. The number of esters is 1. The number of amides is 1. The van der Waals surface area contributed by atoms with Gasteiger partial charge in [-0.05, 0) is 25.5 Å². The molecule has 1 amide bonds. The van der Waals surface area contributed by atoms with Crippen LogP contribution in [0.4, 0.5) is 18.0 Å². The molecule has 0 aromatic heterocycles. The van der Waals surface area contributed by atoms with Crippen LogP contribution in [0.2, 0.25) is 0 Å². The summed E-state index contributed by atoms with van der Waals surface area (Å²) in [4.78, 5) is 25.3. The molecule has 9 heteroatoms. The lowest BCUT2D eigenvalue weighted by molar-refractivity contribution is -0.157. The predicted molar refractivity (Wildman–Crippen MR) is 90.8 cm³/mol. The van der Waals surface area contributed by atoms with Crippen molar-refractivity contribution in [3.05, 3.63) is 35.9 Å². The maximum Gasteiger partial charge on any atom is 0.407 e. The average Bonchev–Trinajstić information content (AvgIpc) is 2.60. The second-order valence-corrected chi connectivity index (χ2v) is 6.31. The first-order valence-corrected chi connectivity index (χ1v) is 8.71. The summed E-state index contributed by atoms with van der Waals surface area (Å²) < 4.78 is 48.1. The topological polar surface area (TPSA) is 67.9 Å². The van der Waals surface area contributed by atoms with E-state index in [-0.39, 0.29) is 32.7 Å². The van der Waals surface area contributed by atoms with Crippen LogP contribution in [-0.2, 0) is 20.9 Å². The van der Waals surface area contributed by atoms with E-state index in [0.29, 0.717) is 0 Å². The van der Waals surface area contributed by atoms with E-state index in [1.54, 1.807) is 31.2 Å². The van der Waals surface area contributed by atoms with Gasteiger partial charge in [-0.2, -0.15) is 13.2 Å². The minimum atomic E-state index is -4.35. The third kappa shape index (κ3) is 7.09. The number of carbonyl (C=O) groups excluding carboxylic acids is 2. The van der Waals surface area contributed by atoms with Gasteiger partial charge in [-0.1, -0.05) is 30.3 Å². The maximum atomic E-state index is 12.7. The zero-order valence-corrected chi connectivity index (χ0v) is 15.0. The number of nitrogens with zero attached hydrogens (tertiary/aromatic N) is 1. The molecule has 0 radical (unpaired) electrons. The van der Waals surface area contributed by atoms with E-state index in [9.17, 15) is 22.8 Å². The number of nitrogens with one attached hydrogen (secondary N) is 1. The Morgan fingerprint density at radius 2 is 1.93 bits per heavy atom. The summed E-state index contributed by atoms with van der Waals surface area (Å²) in [6.45, 7) is 0.721. The fraction of sp³-hybridized carbons (Fsp3) is 0.556. The van der Waals surface area contributed by atoms with Gasteiger partial charge in [-0.3, -0.25) is 9.69 Å². The molecule has 27 heavy (non-hydrogen) atoms. The number of ether oxygens (including phenoxy) is 2. The van der Waals surface area contributed by atoms with E-state index in [2.05, 4.69) is 5.32 Å². The highest BCUT2D eigenvalue weighted by molar-refractivity contribution is 5.75. The van der Waals surface area contributed by atoms with Gasteiger partial charge in [-0.15, -0.1) is 0 Å². The number of hydrogen-bond donors (Lipinski definition) is 1. The van der Waals surface area contributed by atoms with Crippen molar-refractivity contribution in [1.29, 1.82) is 0 Å². The molecule has 1 unspecified atom stereocenters. The van der Waals surface area contributed by atoms with Crippen molar-refractivity contribution >= 4 is 12.1 Å². The summed E-state index contributed by atoms with van der Waals surface area (Å²) in [5.41, 5.74) is 0.775. The van der Waals surface area contributed by atoms with E-state index in [4.69, 9.17) is 9.47 Å². The molecule has 1 fully saturated rings. The molecule has 2 atom stereocenters. The minimum absolute atomic E-state index is 0.0235. The zero-order chi connectivity index (χ0) is 19.9. The molecule has 1 heterocycles. The standard InChI is InChI=1S/C18H23F3N2O4/c1-2-26-16(24)14-8-9-23(12-18(19,20)21)10-15(14)22-17(25)27-11-13-6-4-3-5-7-13/h3-7,14-15H,2,8-12H2,1H3,(H,22,25)/t14-,15?/m0/s1. The summed E-state index contributed by atoms with van der Waals surface area (Å²) in [7, 11) is 0. The zero-order valence-electron chi connectivity index (χ0n) is 15.0. The van der Waals surface area contributed by atoms with Gasteiger partial charge < -0.3 is 14.8 Å². The number of alkyl halides is 3. The Kier molecular flexibility index (Phi) is 7.46. The van der Waals surface area contributed by atoms with Gasteiger partial charge in [0.1, 0.15) is 6.61 Å². The van der Waals surface area contributed by atoms with Crippen LogP contribution in [0.15, 0.2) is 30.3 Å². The summed E-state index contributed by atoms with van der Waals surface area (Å²) >= 11 is 0. The van der Waals surface area contributed by atoms with Gasteiger partial charge >= 0.3 is 18.2 Å². The van der Waals surface area contributed by atoms with Crippen LogP contribution >= 0.6 is 0 Å². The lowest BCUT2D eigenvalue weighted by Gasteiger charge is -2.37. The number of hydrogen-bond acceptors (Lipinski definition) is 5. The van der Waals surface area contributed by atoms with Crippen molar-refractivity contribution in [3.63, 3.8) is 0 Å². The second-order valence-electron chi connectivity index (χ2n) is 6.31. The van der Waals surface area contributed by atoms with E-state index in [1.807, 2.05) is 6.07 Å². The Hall–Kier alpha value is -2.29. The summed E-state index contributed by atoms with van der Waals surface area (Å²) in [6.07, 6.45) is -4.97. The Bertz CT molecular complexity index is 625. The van der Waals surface area contributed by atoms with E-state index >= 15 is 0 Å². The first kappa shape index (κ1) is 21.0. The highest BCUT2D eigenvalue weighted by atomic mass is 19.4. The van der Waals surface area contributed by atoms with E-state index < -0.39 is 36.7 Å². The molecule has 0 bridgehead atoms. The van der Waals surface area contributed by atoms with Gasteiger partial charge in [-0.25, -0.2) is 4.79 Å². The van der Waals surface area contributed by atoms with Crippen LogP contribution in [0.25, 0.3) is 0 Å². The normalized spacial score (nSPS) is 20.7. The third-order valence-corrected chi connectivity index (χ3v) is 4.21. The number of benzene rings is 1. The highest BCUT2D eigenvalue weighted by Gasteiger charge is 2.40. The van der Waals surface area contributed by atoms with Crippen LogP contribution < -0.4 is 5.32 Å². The predicted octanol–water partition coefficient (Wildman–Crippen LogP) is 2.73. The molecule has 1 aliphatic heterocycles. The molecular formula is C18H23F3N2O4. The molecule has 2 rings (SSSR count). The lowest BCUT2D eigenvalue weighted by Crippen LogP contribution is -2.56. The first-order chi connectivity index (χ1) is 12.8. The molecule has 0 saturated carbocycles. The molecule has 6 nitrogen and oxygen atoms in total. The fourth-order valence-corrected chi connectivity index (χ4v) is 3.01. The molecule has 1 aromatic carbocycles. The van der Waals surface area contributed by atoms with Gasteiger partial charge in [0.25, 0.3) is 0 Å². The molecular weight excluding hydrogens is 365 g/mol. The van der Waals surface area contributed by atoms with Crippen molar-refractivity contribution in [1.82, 2.24) is 10.2 Å². The Morgan fingerprint density at radius 1 is 1.22 bits per heavy atom. The summed E-state index contributed by atoms with van der Waals surface area (Å²) in [6, 6.07) is 8.15. The van der Waals surface area contributed by atoms with Crippen molar-refractivity contribution in [2.75, 3.05) is 26.2 Å². The minimum Gasteiger partial charge on any atom is -0.466 e. The largest absolute Gasteiger partial charge is 0.466 e. The second kappa shape index (κ2) is 9.59. The van der Waals surface area contributed by atoms with Crippen molar-refractivity contribution in [2.45, 2.75) is 32.2 Å². The summed E-state index contributed by atoms with van der Waals surface area (Å²) in [5.74, 6) is -1.24. The van der Waals surface area contributed by atoms with Crippen molar-refractivity contribution in [3.8, 4) is 0 Å². The monoisotopic (exact) mass is 388 g/mol. The maximum absolute atomic E-state index is 12.7. The van der Waals surface area contributed by atoms with Crippen LogP contribution in [-0.4, -0.2) is 55.4 Å². The third-order valence-electron chi connectivity index (χ3n) is 4.21. The van der Waals surface area contributed by atoms with Crippen LogP contribution in [0.3, 0.4) is 0 Å². The number of piperidine rings is 1. The fourth-order valence-electron chi connectivity index (χ4n) is 3.01. The molecule has 1 N–H and O–H groups in total. The Morgan fingerprint density at radius 3 is 2.56 bits per heavy atom. The highest BCUT2D eigenvalue weighted by Crippen LogP contribution is 2.24. The molecule has 0 aliphatic carbocycles. The molecule has 1 saturated heterocycles. The molecule has 1 aliphatic rings. The average molecular weight is 388 g/mol. The smallest absolute Gasteiger partial charge is 0.407 e. The Labute approximate surface area is 155 Å². The van der Waals surface area contributed by atoms with Gasteiger partial charge in [0.05, 0.1) is 25.1 Å². The van der Waals surface area contributed by atoms with E-state index in [1.165, 1.54) is 0 Å². The number of likely N-dealkylation sites (tertiary alicyclic amines) is 1.